The predicted molar refractivity (Wildman–Crippen MR) is 123 cm³/mol. The van der Waals surface area contributed by atoms with Gasteiger partial charge in [-0.3, -0.25) is 14.7 Å². The van der Waals surface area contributed by atoms with E-state index in [1.54, 1.807) is 18.5 Å². The molecule has 0 radical (unpaired) electrons. The molecule has 32 heavy (non-hydrogen) atoms. The van der Waals surface area contributed by atoms with E-state index in [9.17, 15) is 9.18 Å². The molecule has 4 nitrogen and oxygen atoms in total. The molecule has 2 fully saturated rings. The van der Waals surface area contributed by atoms with E-state index in [2.05, 4.69) is 16.0 Å². The fraction of sp³-hybridized carbons (Fsp3) is 0.308. The highest BCUT2D eigenvalue weighted by Gasteiger charge is 2.47. The predicted octanol–water partition coefficient (Wildman–Crippen LogP) is 5.00. The van der Waals surface area contributed by atoms with Gasteiger partial charge in [-0.05, 0) is 47.9 Å². The Kier molecular flexibility index (Phi) is 5.94. The van der Waals surface area contributed by atoms with Crippen molar-refractivity contribution in [1.29, 1.82) is 0 Å². The summed E-state index contributed by atoms with van der Waals surface area (Å²) < 4.78 is 13.6. The molecule has 0 spiro atoms. The van der Waals surface area contributed by atoms with Gasteiger partial charge in [0.1, 0.15) is 5.82 Å². The van der Waals surface area contributed by atoms with Gasteiger partial charge in [0.2, 0.25) is 0 Å². The molecule has 164 valence electrons. The van der Waals surface area contributed by atoms with Crippen molar-refractivity contribution in [3.8, 4) is 0 Å². The van der Waals surface area contributed by atoms with Crippen LogP contribution in [0.1, 0.15) is 33.8 Å². The molecule has 0 unspecified atom stereocenters. The van der Waals surface area contributed by atoms with Crippen LogP contribution in [0.25, 0.3) is 0 Å². The number of fused-ring (bicyclic) bond motifs is 1. The number of rotatable bonds is 4. The van der Waals surface area contributed by atoms with Crippen LogP contribution in [-0.2, 0) is 6.54 Å². The van der Waals surface area contributed by atoms with Crippen molar-refractivity contribution < 1.29 is 9.18 Å². The lowest BCUT2D eigenvalue weighted by molar-refractivity contribution is 0.0613. The molecule has 2 aromatic carbocycles. The molecule has 2 saturated heterocycles. The molecule has 0 saturated carbocycles. The van der Waals surface area contributed by atoms with Crippen LogP contribution in [0, 0.1) is 11.7 Å². The number of pyridine rings is 1. The number of halogens is 2. The Morgan fingerprint density at radius 3 is 2.62 bits per heavy atom. The molecule has 0 aliphatic carbocycles. The van der Waals surface area contributed by atoms with Gasteiger partial charge < -0.3 is 4.90 Å². The first kappa shape index (κ1) is 21.1. The number of benzene rings is 2. The van der Waals surface area contributed by atoms with Crippen molar-refractivity contribution in [2.45, 2.75) is 24.9 Å². The Balaban J connectivity index is 1.42. The zero-order valence-corrected chi connectivity index (χ0v) is 18.5. The van der Waals surface area contributed by atoms with Crippen LogP contribution >= 0.6 is 11.6 Å². The van der Waals surface area contributed by atoms with E-state index in [-0.39, 0.29) is 29.6 Å². The standard InChI is InChI=1S/C26H25ClFN3O/c27-24-6-2-1-4-20(24)15-30-13-11-25-23(16-30)22(18-7-9-21(28)10-8-18)17-31(25)26(32)19-5-3-12-29-14-19/h1-10,12,14,22-23,25H,11,13,15-17H2/t22-,23-,25-/m1/s1. The van der Waals surface area contributed by atoms with E-state index in [0.29, 0.717) is 12.1 Å². The first-order valence-electron chi connectivity index (χ1n) is 11.0. The SMILES string of the molecule is O=C(c1cccnc1)N1C[C@H](c2ccc(F)cc2)[C@H]2CN(Cc3ccccc3Cl)CC[C@H]21. The van der Waals surface area contributed by atoms with Crippen molar-refractivity contribution >= 4 is 17.5 Å². The Bertz CT molecular complexity index is 1090. The second kappa shape index (κ2) is 9.00. The zero-order valence-electron chi connectivity index (χ0n) is 17.7. The smallest absolute Gasteiger partial charge is 0.255 e. The Morgan fingerprint density at radius 1 is 1.06 bits per heavy atom. The van der Waals surface area contributed by atoms with Gasteiger partial charge in [-0.25, -0.2) is 4.39 Å². The van der Waals surface area contributed by atoms with Crippen molar-refractivity contribution in [1.82, 2.24) is 14.8 Å². The first-order chi connectivity index (χ1) is 15.6. The topological polar surface area (TPSA) is 36.4 Å². The summed E-state index contributed by atoms with van der Waals surface area (Å²) in [5.74, 6) is 0.223. The minimum atomic E-state index is -0.240. The summed E-state index contributed by atoms with van der Waals surface area (Å²) in [6.07, 6.45) is 4.21. The molecule has 3 atom stereocenters. The summed E-state index contributed by atoms with van der Waals surface area (Å²) in [5.41, 5.74) is 2.82. The molecule has 0 bridgehead atoms. The maximum Gasteiger partial charge on any atom is 0.255 e. The van der Waals surface area contributed by atoms with Crippen LogP contribution in [-0.4, -0.2) is 46.4 Å². The number of piperidine rings is 1. The average molecular weight is 450 g/mol. The van der Waals surface area contributed by atoms with Gasteiger partial charge in [0.15, 0.2) is 0 Å². The number of hydrogen-bond acceptors (Lipinski definition) is 3. The molecule has 6 heteroatoms. The van der Waals surface area contributed by atoms with E-state index in [4.69, 9.17) is 11.6 Å². The van der Waals surface area contributed by atoms with E-state index >= 15 is 0 Å². The number of amides is 1. The van der Waals surface area contributed by atoms with Crippen LogP contribution in [0.2, 0.25) is 5.02 Å². The Hall–Kier alpha value is -2.76. The van der Waals surface area contributed by atoms with Crippen molar-refractivity contribution in [3.63, 3.8) is 0 Å². The number of aromatic nitrogens is 1. The summed E-state index contributed by atoms with van der Waals surface area (Å²) in [6, 6.07) is 18.5. The lowest BCUT2D eigenvalue weighted by Gasteiger charge is -2.39. The van der Waals surface area contributed by atoms with Crippen molar-refractivity contribution in [2.24, 2.45) is 5.92 Å². The molecule has 3 aromatic rings. The van der Waals surface area contributed by atoms with Gasteiger partial charge in [-0.15, -0.1) is 0 Å². The maximum absolute atomic E-state index is 13.6. The van der Waals surface area contributed by atoms with Crippen LogP contribution in [0.3, 0.4) is 0 Å². The number of nitrogens with zero attached hydrogens (tertiary/aromatic N) is 3. The highest BCUT2D eigenvalue weighted by molar-refractivity contribution is 6.31. The molecule has 0 N–H and O–H groups in total. The molecule has 5 rings (SSSR count). The minimum Gasteiger partial charge on any atom is -0.335 e. The summed E-state index contributed by atoms with van der Waals surface area (Å²) >= 11 is 6.41. The third-order valence-corrected chi connectivity index (χ3v) is 7.20. The summed E-state index contributed by atoms with van der Waals surface area (Å²) in [5, 5.41) is 0.782. The number of likely N-dealkylation sites (tertiary alicyclic amines) is 2. The molecule has 1 aromatic heterocycles. The van der Waals surface area contributed by atoms with Crippen LogP contribution < -0.4 is 0 Å². The molecular formula is C26H25ClFN3O. The first-order valence-corrected chi connectivity index (χ1v) is 11.4. The largest absolute Gasteiger partial charge is 0.335 e. The highest BCUT2D eigenvalue weighted by atomic mass is 35.5. The highest BCUT2D eigenvalue weighted by Crippen LogP contribution is 2.42. The number of carbonyl (C=O) groups excluding carboxylic acids is 1. The van der Waals surface area contributed by atoms with E-state index in [1.165, 1.54) is 12.1 Å². The third-order valence-electron chi connectivity index (χ3n) is 6.83. The monoisotopic (exact) mass is 449 g/mol. The fourth-order valence-electron chi connectivity index (χ4n) is 5.27. The zero-order chi connectivity index (χ0) is 22.1. The van der Waals surface area contributed by atoms with E-state index in [1.807, 2.05) is 41.3 Å². The second-order valence-electron chi connectivity index (χ2n) is 8.70. The quantitative estimate of drug-likeness (QED) is 0.562. The third kappa shape index (κ3) is 4.15. The Labute approximate surface area is 192 Å². The van der Waals surface area contributed by atoms with E-state index < -0.39 is 0 Å². The number of carbonyl (C=O) groups is 1. The van der Waals surface area contributed by atoms with Gasteiger partial charge >= 0.3 is 0 Å². The molecule has 2 aliphatic rings. The van der Waals surface area contributed by atoms with Crippen LogP contribution in [0.15, 0.2) is 73.1 Å². The fourth-order valence-corrected chi connectivity index (χ4v) is 5.46. The normalized spacial score (nSPS) is 23.2. The van der Waals surface area contributed by atoms with Crippen LogP contribution in [0.4, 0.5) is 4.39 Å². The summed E-state index contributed by atoms with van der Waals surface area (Å²) in [6.45, 7) is 3.19. The van der Waals surface area contributed by atoms with Crippen molar-refractivity contribution in [2.75, 3.05) is 19.6 Å². The maximum atomic E-state index is 13.6. The van der Waals surface area contributed by atoms with Gasteiger partial charge in [0, 0.05) is 61.5 Å². The Morgan fingerprint density at radius 2 is 1.88 bits per heavy atom. The summed E-state index contributed by atoms with van der Waals surface area (Å²) in [7, 11) is 0. The molecule has 3 heterocycles. The van der Waals surface area contributed by atoms with Crippen LogP contribution in [0.5, 0.6) is 0 Å². The number of hydrogen-bond donors (Lipinski definition) is 0. The lowest BCUT2D eigenvalue weighted by atomic mass is 9.81. The molecule has 2 aliphatic heterocycles. The lowest BCUT2D eigenvalue weighted by Crippen LogP contribution is -2.47. The van der Waals surface area contributed by atoms with Crippen molar-refractivity contribution in [3.05, 3.63) is 101 Å². The average Bonchev–Trinajstić information content (AvgIpc) is 3.20. The van der Waals surface area contributed by atoms with E-state index in [0.717, 1.165) is 42.2 Å². The summed E-state index contributed by atoms with van der Waals surface area (Å²) in [4.78, 5) is 21.9. The van der Waals surface area contributed by atoms with Gasteiger partial charge in [0.05, 0.1) is 5.56 Å². The minimum absolute atomic E-state index is 0.0252. The molecule has 1 amide bonds. The molecular weight excluding hydrogens is 425 g/mol. The van der Waals surface area contributed by atoms with Gasteiger partial charge in [-0.2, -0.15) is 0 Å². The second-order valence-corrected chi connectivity index (χ2v) is 9.11. The van der Waals surface area contributed by atoms with Gasteiger partial charge in [-0.1, -0.05) is 41.9 Å². The van der Waals surface area contributed by atoms with Gasteiger partial charge in [0.25, 0.3) is 5.91 Å².